The minimum absolute atomic E-state index is 0.129. The molecular weight excluding hydrogens is 344 g/mol. The normalized spacial score (nSPS) is 18.0. The fourth-order valence-corrected chi connectivity index (χ4v) is 3.44. The lowest BCUT2D eigenvalue weighted by molar-refractivity contribution is 0.110. The van der Waals surface area contributed by atoms with E-state index in [1.807, 2.05) is 41.2 Å². The number of ether oxygens (including phenoxy) is 1. The smallest absolute Gasteiger partial charge is 0.244 e. The van der Waals surface area contributed by atoms with Crippen LogP contribution in [-0.4, -0.2) is 50.3 Å². The van der Waals surface area contributed by atoms with Crippen LogP contribution >= 0.6 is 0 Å². The van der Waals surface area contributed by atoms with Gasteiger partial charge in [-0.05, 0) is 31.5 Å². The number of nitrogens with zero attached hydrogens (tertiary/aromatic N) is 6. The van der Waals surface area contributed by atoms with Gasteiger partial charge in [0.25, 0.3) is 0 Å². The van der Waals surface area contributed by atoms with Gasteiger partial charge in [-0.1, -0.05) is 35.0 Å². The van der Waals surface area contributed by atoms with Crippen LogP contribution in [0.5, 0.6) is 0 Å². The third-order valence-corrected chi connectivity index (χ3v) is 4.84. The molecule has 1 atom stereocenters. The van der Waals surface area contributed by atoms with Gasteiger partial charge in [0.15, 0.2) is 5.82 Å². The van der Waals surface area contributed by atoms with Crippen LogP contribution in [0.15, 0.2) is 41.1 Å². The van der Waals surface area contributed by atoms with E-state index in [4.69, 9.17) is 9.26 Å². The van der Waals surface area contributed by atoms with Crippen molar-refractivity contribution >= 4 is 0 Å². The number of hydrogen-bond donors (Lipinski definition) is 0. The van der Waals surface area contributed by atoms with Crippen molar-refractivity contribution in [1.29, 1.82) is 0 Å². The summed E-state index contributed by atoms with van der Waals surface area (Å²) < 4.78 is 12.4. The molecule has 142 valence electrons. The molecule has 4 rings (SSSR count). The van der Waals surface area contributed by atoms with Crippen molar-refractivity contribution < 1.29 is 9.26 Å². The molecule has 0 amide bonds. The van der Waals surface area contributed by atoms with Crippen LogP contribution in [-0.2, 0) is 17.7 Å². The van der Waals surface area contributed by atoms with E-state index in [1.165, 1.54) is 0 Å². The van der Waals surface area contributed by atoms with E-state index in [-0.39, 0.29) is 6.04 Å². The lowest BCUT2D eigenvalue weighted by atomic mass is 10.0. The maximum absolute atomic E-state index is 5.54. The Morgan fingerprint density at radius 3 is 2.96 bits per heavy atom. The SMILES string of the molecule is COCCc1noc(C2CCCCN2Cc2cn(-c3ccccc3)nn2)n1. The Balaban J connectivity index is 1.47. The first kappa shape index (κ1) is 17.8. The Bertz CT molecular complexity index is 847. The summed E-state index contributed by atoms with van der Waals surface area (Å²) in [5.41, 5.74) is 1.94. The van der Waals surface area contributed by atoms with Gasteiger partial charge in [0.1, 0.15) is 0 Å². The van der Waals surface area contributed by atoms with Gasteiger partial charge in [-0.25, -0.2) is 4.68 Å². The highest BCUT2D eigenvalue weighted by atomic mass is 16.5. The van der Waals surface area contributed by atoms with Crippen molar-refractivity contribution in [2.24, 2.45) is 0 Å². The molecule has 1 aliphatic rings. The molecule has 8 heteroatoms. The monoisotopic (exact) mass is 368 g/mol. The van der Waals surface area contributed by atoms with Crippen molar-refractivity contribution in [2.45, 2.75) is 38.3 Å². The second-order valence-corrected chi connectivity index (χ2v) is 6.76. The van der Waals surface area contributed by atoms with E-state index in [9.17, 15) is 0 Å². The Hall–Kier alpha value is -2.58. The van der Waals surface area contributed by atoms with Gasteiger partial charge in [-0.2, -0.15) is 4.98 Å². The number of hydrogen-bond acceptors (Lipinski definition) is 7. The van der Waals surface area contributed by atoms with Gasteiger partial charge in [-0.15, -0.1) is 5.10 Å². The summed E-state index contributed by atoms with van der Waals surface area (Å²) >= 11 is 0. The Morgan fingerprint density at radius 1 is 1.22 bits per heavy atom. The van der Waals surface area contributed by atoms with E-state index in [2.05, 4.69) is 25.4 Å². The number of likely N-dealkylation sites (tertiary alicyclic amines) is 1. The fourth-order valence-electron chi connectivity index (χ4n) is 3.44. The van der Waals surface area contributed by atoms with Crippen LogP contribution < -0.4 is 0 Å². The number of para-hydroxylation sites is 1. The van der Waals surface area contributed by atoms with Crippen LogP contribution in [0.4, 0.5) is 0 Å². The summed E-state index contributed by atoms with van der Waals surface area (Å²) in [6, 6.07) is 10.1. The first-order chi connectivity index (χ1) is 13.3. The number of aromatic nitrogens is 5. The number of benzene rings is 1. The molecule has 0 radical (unpaired) electrons. The first-order valence-electron chi connectivity index (χ1n) is 9.35. The highest BCUT2D eigenvalue weighted by molar-refractivity contribution is 5.29. The molecule has 0 saturated carbocycles. The molecule has 1 saturated heterocycles. The molecule has 1 unspecified atom stereocenters. The second kappa shape index (κ2) is 8.41. The molecule has 0 aliphatic carbocycles. The van der Waals surface area contributed by atoms with E-state index < -0.39 is 0 Å². The molecule has 0 bridgehead atoms. The van der Waals surface area contributed by atoms with Crippen molar-refractivity contribution in [2.75, 3.05) is 20.3 Å². The van der Waals surface area contributed by atoms with Crippen LogP contribution in [0.25, 0.3) is 5.69 Å². The van der Waals surface area contributed by atoms with Gasteiger partial charge in [0, 0.05) is 20.1 Å². The third kappa shape index (κ3) is 4.23. The molecular formula is C19H24N6O2. The van der Waals surface area contributed by atoms with Crippen molar-refractivity contribution in [3.63, 3.8) is 0 Å². The zero-order valence-corrected chi connectivity index (χ0v) is 15.5. The third-order valence-electron chi connectivity index (χ3n) is 4.84. The quantitative estimate of drug-likeness (QED) is 0.634. The molecule has 1 aliphatic heterocycles. The predicted octanol–water partition coefficient (Wildman–Crippen LogP) is 2.57. The maximum Gasteiger partial charge on any atom is 0.244 e. The zero-order chi connectivity index (χ0) is 18.5. The summed E-state index contributed by atoms with van der Waals surface area (Å²) in [4.78, 5) is 6.93. The summed E-state index contributed by atoms with van der Waals surface area (Å²) in [5.74, 6) is 1.39. The summed E-state index contributed by atoms with van der Waals surface area (Å²) in [5, 5.41) is 12.7. The molecule has 3 aromatic rings. The Morgan fingerprint density at radius 2 is 2.11 bits per heavy atom. The number of piperidine rings is 1. The second-order valence-electron chi connectivity index (χ2n) is 6.76. The Kier molecular flexibility index (Phi) is 5.55. The van der Waals surface area contributed by atoms with Gasteiger partial charge < -0.3 is 9.26 Å². The standard InChI is InChI=1S/C19H24N6O2/c1-26-12-10-18-20-19(27-22-18)17-9-5-6-11-24(17)13-15-14-25(23-21-15)16-7-3-2-4-8-16/h2-4,7-8,14,17H,5-6,9-13H2,1H3. The van der Waals surface area contributed by atoms with E-state index in [1.54, 1.807) is 7.11 Å². The summed E-state index contributed by atoms with van der Waals surface area (Å²) in [7, 11) is 1.67. The molecule has 2 aromatic heterocycles. The highest BCUT2D eigenvalue weighted by Crippen LogP contribution is 2.31. The lowest BCUT2D eigenvalue weighted by Crippen LogP contribution is -2.33. The lowest BCUT2D eigenvalue weighted by Gasteiger charge is -2.32. The van der Waals surface area contributed by atoms with Gasteiger partial charge in [0.2, 0.25) is 5.89 Å². The minimum Gasteiger partial charge on any atom is -0.384 e. The van der Waals surface area contributed by atoms with Crippen molar-refractivity contribution in [1.82, 2.24) is 30.0 Å². The highest BCUT2D eigenvalue weighted by Gasteiger charge is 2.29. The van der Waals surface area contributed by atoms with E-state index in [0.29, 0.717) is 31.3 Å². The van der Waals surface area contributed by atoms with Gasteiger partial charge in [-0.3, -0.25) is 4.90 Å². The topological polar surface area (TPSA) is 82.1 Å². The maximum atomic E-state index is 5.54. The molecule has 0 spiro atoms. The molecule has 27 heavy (non-hydrogen) atoms. The van der Waals surface area contributed by atoms with E-state index >= 15 is 0 Å². The summed E-state index contributed by atoms with van der Waals surface area (Å²) in [6.07, 6.45) is 5.98. The average Bonchev–Trinajstić information content (AvgIpc) is 3.37. The molecule has 0 N–H and O–H groups in total. The van der Waals surface area contributed by atoms with Crippen LogP contribution in [0.2, 0.25) is 0 Å². The minimum atomic E-state index is 0.129. The van der Waals surface area contributed by atoms with Gasteiger partial charge in [0.05, 0.1) is 30.2 Å². The van der Waals surface area contributed by atoms with Crippen LogP contribution in [0, 0.1) is 0 Å². The van der Waals surface area contributed by atoms with Crippen molar-refractivity contribution in [3.8, 4) is 5.69 Å². The van der Waals surface area contributed by atoms with E-state index in [0.717, 1.165) is 37.2 Å². The molecule has 3 heterocycles. The zero-order valence-electron chi connectivity index (χ0n) is 15.5. The fraction of sp³-hybridized carbons (Fsp3) is 0.474. The first-order valence-corrected chi connectivity index (χ1v) is 9.35. The van der Waals surface area contributed by atoms with Gasteiger partial charge >= 0.3 is 0 Å². The average molecular weight is 368 g/mol. The van der Waals surface area contributed by atoms with Crippen LogP contribution in [0.1, 0.15) is 42.7 Å². The summed E-state index contributed by atoms with van der Waals surface area (Å²) in [6.45, 7) is 2.29. The van der Waals surface area contributed by atoms with Crippen molar-refractivity contribution in [3.05, 3.63) is 53.9 Å². The number of rotatable bonds is 7. The largest absolute Gasteiger partial charge is 0.384 e. The molecule has 1 fully saturated rings. The molecule has 8 nitrogen and oxygen atoms in total. The van der Waals surface area contributed by atoms with Crippen LogP contribution in [0.3, 0.4) is 0 Å². The molecule has 1 aromatic carbocycles. The number of methoxy groups -OCH3 is 1. The Labute approximate surface area is 158 Å². The predicted molar refractivity (Wildman–Crippen MR) is 98.2 cm³/mol.